The largest absolute Gasteiger partial charge is 0.504 e. The zero-order chi connectivity index (χ0) is 24.8. The Morgan fingerprint density at radius 3 is 1.70 bits per heavy atom. The van der Waals surface area contributed by atoms with E-state index in [0.717, 1.165) is 0 Å². The molecular weight excluding hydrogens is 348 g/mol. The number of phenolic OH excluding ortho intramolecular Hbond substituents is 2. The fraction of sp³-hybridized carbons (Fsp3) is 0.333. The van der Waals surface area contributed by atoms with E-state index in [4.69, 9.17) is 17.7 Å². The molecule has 0 aliphatic carbocycles. The van der Waals surface area contributed by atoms with E-state index < -0.39 is 14.1 Å². The van der Waals surface area contributed by atoms with Crippen LogP contribution in [0.2, 0.25) is 0 Å². The number of Topliss-reactive ketones (excluding diaryl/α,β-unsaturated/α-hetero) is 2. The predicted octanol–water partition coefficient (Wildman–Crippen LogP) is 3.21. The van der Waals surface area contributed by atoms with Crippen molar-refractivity contribution in [1.82, 2.24) is 0 Å². The molecule has 0 heterocycles. The van der Waals surface area contributed by atoms with Crippen LogP contribution in [0.4, 0.5) is 0 Å². The van der Waals surface area contributed by atoms with E-state index in [1.807, 2.05) is 0 Å². The molecule has 0 saturated carbocycles. The molecule has 0 aromatic heterocycles. The molecule has 0 radical (unpaired) electrons. The van der Waals surface area contributed by atoms with Crippen LogP contribution in [0.3, 0.4) is 0 Å². The van der Waals surface area contributed by atoms with Gasteiger partial charge in [0.05, 0.1) is 28.7 Å². The smallest absolute Gasteiger partial charge is 0.160 e. The Morgan fingerprint density at radius 1 is 0.852 bits per heavy atom. The molecule has 6 nitrogen and oxygen atoms in total. The number of ketones is 2. The molecule has 0 bridgehead atoms. The number of hydrogen-bond acceptors (Lipinski definition) is 6. The Labute approximate surface area is 166 Å². The number of benzene rings is 2. The highest BCUT2D eigenvalue weighted by molar-refractivity contribution is 5.99. The molecule has 2 aromatic rings. The van der Waals surface area contributed by atoms with E-state index in [1.54, 1.807) is 0 Å². The van der Waals surface area contributed by atoms with Crippen molar-refractivity contribution in [3.63, 3.8) is 0 Å². The number of aryl methyl sites for hydroxylation is 2. The molecular formula is C21H24O6. The molecule has 2 aromatic carbocycles. The molecule has 0 unspecified atom stereocenters. The first-order chi connectivity index (χ1) is 15.2. The van der Waals surface area contributed by atoms with Crippen LogP contribution in [0.15, 0.2) is 36.4 Å². The normalized spacial score (nSPS) is 14.7. The van der Waals surface area contributed by atoms with Gasteiger partial charge in [0, 0.05) is 12.8 Å². The van der Waals surface area contributed by atoms with Gasteiger partial charge in [0.1, 0.15) is 11.6 Å². The van der Waals surface area contributed by atoms with Gasteiger partial charge in [0.15, 0.2) is 23.0 Å². The number of rotatable bonds is 10. The van der Waals surface area contributed by atoms with Crippen molar-refractivity contribution in [2.45, 2.75) is 32.1 Å². The van der Waals surface area contributed by atoms with Crippen LogP contribution in [0.25, 0.3) is 0 Å². The minimum absolute atomic E-state index is 0.0412. The summed E-state index contributed by atoms with van der Waals surface area (Å²) in [5.74, 6) is -1.71. The van der Waals surface area contributed by atoms with Crippen LogP contribution < -0.4 is 9.47 Å². The first-order valence-corrected chi connectivity index (χ1v) is 8.27. The van der Waals surface area contributed by atoms with Crippen molar-refractivity contribution in [2.75, 3.05) is 14.1 Å². The Kier molecular flexibility index (Phi) is 4.70. The highest BCUT2D eigenvalue weighted by atomic mass is 16.5. The van der Waals surface area contributed by atoms with E-state index in [2.05, 4.69) is 0 Å². The van der Waals surface area contributed by atoms with E-state index in [-0.39, 0.29) is 66.7 Å². The third-order valence-corrected chi connectivity index (χ3v) is 4.05. The summed E-state index contributed by atoms with van der Waals surface area (Å²) in [5.41, 5.74) is 1.14. The second-order valence-electron chi connectivity index (χ2n) is 6.06. The van der Waals surface area contributed by atoms with Crippen LogP contribution >= 0.6 is 0 Å². The van der Waals surface area contributed by atoms with Crippen LogP contribution in [0, 0.1) is 0 Å². The van der Waals surface area contributed by atoms with Crippen LogP contribution in [0.5, 0.6) is 23.0 Å². The molecule has 6 heteroatoms. The van der Waals surface area contributed by atoms with Gasteiger partial charge in [-0.3, -0.25) is 9.59 Å². The summed E-state index contributed by atoms with van der Waals surface area (Å²) in [7, 11) is -5.45. The molecule has 27 heavy (non-hydrogen) atoms. The summed E-state index contributed by atoms with van der Waals surface area (Å²) < 4.78 is 52.1. The number of ether oxygens (including phenoxy) is 2. The summed E-state index contributed by atoms with van der Waals surface area (Å²) >= 11 is 0. The van der Waals surface area contributed by atoms with Gasteiger partial charge >= 0.3 is 0 Å². The quantitative estimate of drug-likeness (QED) is 0.617. The molecule has 144 valence electrons. The Morgan fingerprint density at radius 2 is 1.30 bits per heavy atom. The predicted molar refractivity (Wildman–Crippen MR) is 101 cm³/mol. The lowest BCUT2D eigenvalue weighted by atomic mass is 10.0. The number of carbonyl (C=O) groups is 2. The molecule has 0 aliphatic heterocycles. The lowest BCUT2D eigenvalue weighted by molar-refractivity contribution is -0.126. The van der Waals surface area contributed by atoms with Gasteiger partial charge in [-0.25, -0.2) is 0 Å². The van der Waals surface area contributed by atoms with E-state index >= 15 is 0 Å². The molecule has 0 aliphatic rings. The van der Waals surface area contributed by atoms with Crippen LogP contribution in [-0.2, 0) is 22.4 Å². The Bertz CT molecular complexity index is 920. The topological polar surface area (TPSA) is 93.1 Å². The van der Waals surface area contributed by atoms with Gasteiger partial charge in [0.2, 0.25) is 0 Å². The van der Waals surface area contributed by atoms with Gasteiger partial charge < -0.3 is 19.7 Å². The van der Waals surface area contributed by atoms with Gasteiger partial charge in [0.25, 0.3) is 0 Å². The molecule has 0 saturated heterocycles. The Balaban J connectivity index is 1.85. The molecule has 0 spiro atoms. The summed E-state index contributed by atoms with van der Waals surface area (Å²) in [6, 6.07) is 8.27. The maximum atomic E-state index is 12.2. The van der Waals surface area contributed by atoms with E-state index in [9.17, 15) is 19.8 Å². The van der Waals surface area contributed by atoms with E-state index in [1.165, 1.54) is 36.4 Å². The molecule has 2 rings (SSSR count). The van der Waals surface area contributed by atoms with Crippen LogP contribution in [0.1, 0.15) is 38.6 Å². The van der Waals surface area contributed by atoms with Crippen LogP contribution in [-0.4, -0.2) is 35.9 Å². The monoisotopic (exact) mass is 378 g/mol. The first kappa shape index (κ1) is 13.2. The zero-order valence-electron chi connectivity index (χ0n) is 20.5. The fourth-order valence-electron chi connectivity index (χ4n) is 2.56. The Hall–Kier alpha value is -3.02. The fourth-order valence-corrected chi connectivity index (χ4v) is 2.56. The average Bonchev–Trinajstić information content (AvgIpc) is 2.67. The lowest BCUT2D eigenvalue weighted by Crippen LogP contribution is -2.09. The highest BCUT2D eigenvalue weighted by Gasteiger charge is 2.12. The van der Waals surface area contributed by atoms with Crippen molar-refractivity contribution in [2.24, 2.45) is 0 Å². The summed E-state index contributed by atoms with van der Waals surface area (Å²) in [6.45, 7) is 0. The summed E-state index contributed by atoms with van der Waals surface area (Å²) in [5, 5.41) is 19.4. The third-order valence-electron chi connectivity index (χ3n) is 4.05. The van der Waals surface area contributed by atoms with E-state index in [0.29, 0.717) is 11.1 Å². The lowest BCUT2D eigenvalue weighted by Gasteiger charge is -2.07. The maximum Gasteiger partial charge on any atom is 0.160 e. The van der Waals surface area contributed by atoms with Crippen molar-refractivity contribution in [1.29, 1.82) is 0 Å². The number of phenols is 2. The molecule has 0 amide bonds. The maximum absolute atomic E-state index is 12.2. The zero-order valence-corrected chi connectivity index (χ0v) is 14.5. The summed E-state index contributed by atoms with van der Waals surface area (Å²) in [4.78, 5) is 24.3. The third kappa shape index (κ3) is 6.02. The number of carbonyl (C=O) groups excluding carboxylic acids is 2. The first-order valence-electron chi connectivity index (χ1n) is 11.3. The summed E-state index contributed by atoms with van der Waals surface area (Å²) in [6.07, 6.45) is 0.265. The standard InChI is InChI=1S/C21H24O6/c1-26-20-11-14(5-9-18(20)24)3-7-16(22)13-17(23)8-4-15-6-10-19(25)21(12-15)27-2/h5-6,9-12,24-25H,3-4,7-8,13H2,1-2H3/i1D3,2D3. The van der Waals surface area contributed by atoms with Gasteiger partial charge in [-0.15, -0.1) is 0 Å². The second-order valence-corrected chi connectivity index (χ2v) is 6.06. The molecule has 2 N–H and O–H groups in total. The highest BCUT2D eigenvalue weighted by Crippen LogP contribution is 2.27. The van der Waals surface area contributed by atoms with Gasteiger partial charge in [-0.2, -0.15) is 0 Å². The number of hydrogen-bond donors (Lipinski definition) is 2. The second kappa shape index (κ2) is 9.62. The average molecular weight is 378 g/mol. The number of methoxy groups -OCH3 is 2. The minimum atomic E-state index is -2.73. The SMILES string of the molecule is [2H]C([2H])([2H])Oc1cc(CCC(=O)CC(=O)CCc2ccc(O)c(OC([2H])([2H])[2H])c2)ccc1O. The molecule has 0 atom stereocenters. The van der Waals surface area contributed by atoms with Crippen molar-refractivity contribution >= 4 is 11.6 Å². The number of aromatic hydroxyl groups is 2. The minimum Gasteiger partial charge on any atom is -0.504 e. The van der Waals surface area contributed by atoms with Gasteiger partial charge in [-0.1, -0.05) is 12.1 Å². The van der Waals surface area contributed by atoms with Crippen molar-refractivity contribution in [3.8, 4) is 23.0 Å². The van der Waals surface area contributed by atoms with Crippen molar-refractivity contribution < 1.29 is 37.5 Å². The van der Waals surface area contributed by atoms with Gasteiger partial charge in [-0.05, 0) is 48.2 Å². The van der Waals surface area contributed by atoms with Crippen molar-refractivity contribution in [3.05, 3.63) is 47.5 Å². The molecule has 0 fully saturated rings.